The number of hydrogen-bond acceptors (Lipinski definition) is 3. The molecule has 1 heterocycles. The Balaban J connectivity index is 3.20. The Bertz CT molecular complexity index is 279. The normalized spacial score (nSPS) is 10.6. The van der Waals surface area contributed by atoms with Crippen molar-refractivity contribution in [2.75, 3.05) is 7.11 Å². The monoisotopic (exact) mass is 127 g/mol. The van der Waals surface area contributed by atoms with Crippen LogP contribution in [0.2, 0.25) is 0 Å². The summed E-state index contributed by atoms with van der Waals surface area (Å²) >= 11 is 0. The zero-order valence-electron chi connectivity index (χ0n) is 5.88. The van der Waals surface area contributed by atoms with Gasteiger partial charge >= 0.3 is 5.63 Å². The van der Waals surface area contributed by atoms with Crippen molar-refractivity contribution in [1.82, 2.24) is 0 Å². The van der Waals surface area contributed by atoms with Crippen LogP contribution in [0.15, 0.2) is 27.6 Å². The molecule has 1 aromatic rings. The van der Waals surface area contributed by atoms with Crippen LogP contribution in [0.4, 0.5) is 0 Å². The lowest BCUT2D eigenvalue weighted by atomic mass is 10.5. The van der Waals surface area contributed by atoms with Crippen molar-refractivity contribution in [3.05, 3.63) is 28.8 Å². The fourth-order valence-corrected chi connectivity index (χ4v) is 0.467. The number of ether oxygens (including phenoxy) is 1. The first-order valence-electron chi connectivity index (χ1n) is 2.89. The third kappa shape index (κ3) is 1.10. The maximum absolute atomic E-state index is 10.7. The van der Waals surface area contributed by atoms with Crippen molar-refractivity contribution < 1.29 is 10.5 Å². The van der Waals surface area contributed by atoms with Gasteiger partial charge in [-0.25, -0.2) is 4.79 Å². The summed E-state index contributed by atoms with van der Waals surface area (Å²) < 4.78 is 15.9. The molecule has 0 amide bonds. The topological polar surface area (TPSA) is 39.4 Å². The second-order valence-electron chi connectivity index (χ2n) is 1.41. The van der Waals surface area contributed by atoms with Gasteiger partial charge in [0.2, 0.25) is 5.75 Å². The molecule has 48 valence electrons. The molecule has 3 nitrogen and oxygen atoms in total. The minimum Gasteiger partial charge on any atom is -0.490 e. The summed E-state index contributed by atoms with van der Waals surface area (Å²) in [6.45, 7) is 0. The van der Waals surface area contributed by atoms with E-state index < -0.39 is 5.63 Å². The lowest BCUT2D eigenvalue weighted by Crippen LogP contribution is -2.01. The molecule has 1 aromatic heterocycles. The van der Waals surface area contributed by atoms with E-state index in [1.165, 1.54) is 19.2 Å². The van der Waals surface area contributed by atoms with E-state index in [4.69, 9.17) is 1.37 Å². The van der Waals surface area contributed by atoms with Gasteiger partial charge in [0, 0.05) is 0 Å². The Kier molecular flexibility index (Phi) is 1.20. The van der Waals surface area contributed by atoms with Gasteiger partial charge in [-0.15, -0.1) is 0 Å². The van der Waals surface area contributed by atoms with Crippen molar-refractivity contribution in [2.45, 2.75) is 0 Å². The summed E-state index contributed by atoms with van der Waals surface area (Å²) in [4.78, 5) is 10.7. The van der Waals surface area contributed by atoms with Crippen LogP contribution >= 0.6 is 0 Å². The minimum absolute atomic E-state index is 0.121. The predicted molar refractivity (Wildman–Crippen MR) is 31.5 cm³/mol. The number of hydrogen-bond donors (Lipinski definition) is 0. The van der Waals surface area contributed by atoms with E-state index in [1.54, 1.807) is 0 Å². The summed E-state index contributed by atoms with van der Waals surface area (Å²) in [6, 6.07) is 2.74. The molecule has 0 bridgehead atoms. The van der Waals surface area contributed by atoms with Gasteiger partial charge in [0.1, 0.15) is 1.37 Å². The molecule has 3 heteroatoms. The fourth-order valence-electron chi connectivity index (χ4n) is 0.467. The zero-order valence-corrected chi connectivity index (χ0v) is 4.88. The molecule has 0 atom stereocenters. The quantitative estimate of drug-likeness (QED) is 0.556. The number of rotatable bonds is 1. The van der Waals surface area contributed by atoms with E-state index in [0.717, 1.165) is 0 Å². The van der Waals surface area contributed by atoms with Gasteiger partial charge in [0.15, 0.2) is 0 Å². The molecule has 0 saturated heterocycles. The van der Waals surface area contributed by atoms with Crippen LogP contribution in [-0.2, 0) is 0 Å². The van der Waals surface area contributed by atoms with Gasteiger partial charge < -0.3 is 9.15 Å². The molecule has 0 N–H and O–H groups in total. The summed E-state index contributed by atoms with van der Waals surface area (Å²) in [5.41, 5.74) is -0.616. The summed E-state index contributed by atoms with van der Waals surface area (Å²) in [5.74, 6) is 0.121. The molecule has 0 aliphatic heterocycles. The van der Waals surface area contributed by atoms with Crippen LogP contribution in [0.3, 0.4) is 0 Å². The lowest BCUT2D eigenvalue weighted by molar-refractivity contribution is 0.376. The molecule has 0 fully saturated rings. The van der Waals surface area contributed by atoms with E-state index in [0.29, 0.717) is 0 Å². The van der Waals surface area contributed by atoms with Crippen LogP contribution in [0.5, 0.6) is 5.75 Å². The van der Waals surface area contributed by atoms with Gasteiger partial charge in [-0.05, 0) is 12.1 Å². The first-order valence-corrected chi connectivity index (χ1v) is 2.39. The Labute approximate surface area is 53.3 Å². The molecule has 0 spiro atoms. The summed E-state index contributed by atoms with van der Waals surface area (Å²) in [5, 5.41) is 0. The highest BCUT2D eigenvalue weighted by Crippen LogP contribution is 1.97. The lowest BCUT2D eigenvalue weighted by Gasteiger charge is -1.91. The molecule has 0 aliphatic carbocycles. The summed E-state index contributed by atoms with van der Waals surface area (Å²) in [6.07, 6.45) is -0.161. The van der Waals surface area contributed by atoms with Crippen LogP contribution in [0.1, 0.15) is 1.37 Å². The third-order valence-corrected chi connectivity index (χ3v) is 0.875. The second kappa shape index (κ2) is 2.35. The third-order valence-electron chi connectivity index (χ3n) is 0.875. The van der Waals surface area contributed by atoms with Gasteiger partial charge in [0.25, 0.3) is 0 Å². The minimum atomic E-state index is -0.616. The van der Waals surface area contributed by atoms with Crippen molar-refractivity contribution >= 4 is 0 Å². The Morgan fingerprint density at radius 2 is 2.67 bits per heavy atom. The van der Waals surface area contributed by atoms with Crippen LogP contribution in [0.25, 0.3) is 0 Å². The molecular weight excluding hydrogens is 120 g/mol. The van der Waals surface area contributed by atoms with Crippen LogP contribution in [-0.4, -0.2) is 7.11 Å². The van der Waals surface area contributed by atoms with Gasteiger partial charge in [-0.3, -0.25) is 0 Å². The molecule has 0 aliphatic rings. The predicted octanol–water partition coefficient (Wildman–Crippen LogP) is 0.648. The largest absolute Gasteiger partial charge is 0.490 e. The average molecular weight is 127 g/mol. The van der Waals surface area contributed by atoms with Crippen molar-refractivity contribution in [3.8, 4) is 5.75 Å². The first kappa shape index (κ1) is 4.61. The van der Waals surface area contributed by atoms with Crippen LogP contribution < -0.4 is 10.4 Å². The van der Waals surface area contributed by atoms with Crippen molar-refractivity contribution in [3.63, 3.8) is 0 Å². The van der Waals surface area contributed by atoms with E-state index in [9.17, 15) is 4.79 Å². The molecule has 0 saturated carbocycles. The standard InChI is InChI=1S/C6H6O3/c1-8-5-3-2-4-9-6(5)7/h2-4H,1H3/i4D. The SMILES string of the molecule is [2H]c1ccc(OC)c(=O)o1. The highest BCUT2D eigenvalue weighted by Gasteiger charge is 1.94. The van der Waals surface area contributed by atoms with Gasteiger partial charge in [-0.2, -0.15) is 0 Å². The van der Waals surface area contributed by atoms with E-state index in [2.05, 4.69) is 9.15 Å². The Hall–Kier alpha value is -1.25. The van der Waals surface area contributed by atoms with Crippen LogP contribution in [0, 0.1) is 0 Å². The first-order chi connectivity index (χ1) is 4.74. The number of methoxy groups -OCH3 is 1. The van der Waals surface area contributed by atoms with Crippen molar-refractivity contribution in [1.29, 1.82) is 0 Å². The molecule has 1 rings (SSSR count). The molecular formula is C6H6O3. The summed E-state index contributed by atoms with van der Waals surface area (Å²) in [7, 11) is 1.37. The molecule has 0 aromatic carbocycles. The van der Waals surface area contributed by atoms with E-state index >= 15 is 0 Å². The maximum Gasteiger partial charge on any atom is 0.378 e. The maximum atomic E-state index is 10.7. The molecule has 0 unspecified atom stereocenters. The smallest absolute Gasteiger partial charge is 0.378 e. The van der Waals surface area contributed by atoms with E-state index in [-0.39, 0.29) is 12.0 Å². The Morgan fingerprint density at radius 1 is 1.89 bits per heavy atom. The van der Waals surface area contributed by atoms with Gasteiger partial charge in [-0.1, -0.05) is 0 Å². The highest BCUT2D eigenvalue weighted by molar-refractivity contribution is 5.13. The van der Waals surface area contributed by atoms with Gasteiger partial charge in [0.05, 0.1) is 13.3 Å². The fraction of sp³-hybridized carbons (Fsp3) is 0.167. The Morgan fingerprint density at radius 3 is 3.22 bits per heavy atom. The van der Waals surface area contributed by atoms with Crippen molar-refractivity contribution in [2.24, 2.45) is 0 Å². The van der Waals surface area contributed by atoms with E-state index in [1.807, 2.05) is 0 Å². The molecule has 0 radical (unpaired) electrons. The second-order valence-corrected chi connectivity index (χ2v) is 1.41. The molecule has 9 heavy (non-hydrogen) atoms. The highest BCUT2D eigenvalue weighted by atomic mass is 16.5. The average Bonchev–Trinajstić information content (AvgIpc) is 1.88. The zero-order chi connectivity index (χ0) is 7.56.